The number of aldehydes is 1. The molecule has 0 N–H and O–H groups in total. The highest BCUT2D eigenvalue weighted by molar-refractivity contribution is 5.50. The fourth-order valence-corrected chi connectivity index (χ4v) is 2.80. The molecule has 1 saturated carbocycles. The van der Waals surface area contributed by atoms with E-state index in [9.17, 15) is 4.79 Å². The zero-order chi connectivity index (χ0) is 9.47. The summed E-state index contributed by atoms with van der Waals surface area (Å²) in [5, 5.41) is 0. The van der Waals surface area contributed by atoms with Crippen molar-refractivity contribution in [3.63, 3.8) is 0 Å². The SMILES string of the molecule is C=C1[C@@H]2C=C[C@@H](C2)[C@@]1(C)CCC=O. The van der Waals surface area contributed by atoms with Crippen LogP contribution in [0.25, 0.3) is 0 Å². The number of rotatable bonds is 3. The average molecular weight is 176 g/mol. The van der Waals surface area contributed by atoms with Crippen LogP contribution in [-0.4, -0.2) is 6.29 Å². The fourth-order valence-electron chi connectivity index (χ4n) is 2.80. The second-order valence-electron chi connectivity index (χ2n) is 4.48. The molecule has 1 heteroatoms. The van der Waals surface area contributed by atoms with Crippen molar-refractivity contribution in [2.75, 3.05) is 0 Å². The molecule has 2 rings (SSSR count). The molecule has 0 aromatic carbocycles. The maximum Gasteiger partial charge on any atom is 0.120 e. The van der Waals surface area contributed by atoms with Crippen molar-refractivity contribution in [3.8, 4) is 0 Å². The van der Waals surface area contributed by atoms with Gasteiger partial charge in [-0.1, -0.05) is 31.2 Å². The van der Waals surface area contributed by atoms with E-state index in [0.29, 0.717) is 18.3 Å². The van der Waals surface area contributed by atoms with E-state index in [1.807, 2.05) is 0 Å². The molecule has 0 aromatic rings. The smallest absolute Gasteiger partial charge is 0.120 e. The molecule has 70 valence electrons. The molecule has 0 aromatic heterocycles. The largest absolute Gasteiger partial charge is 0.303 e. The Balaban J connectivity index is 2.18. The summed E-state index contributed by atoms with van der Waals surface area (Å²) in [6.45, 7) is 6.43. The molecule has 0 unspecified atom stereocenters. The highest BCUT2D eigenvalue weighted by atomic mass is 16.1. The van der Waals surface area contributed by atoms with Crippen LogP contribution in [0.2, 0.25) is 0 Å². The van der Waals surface area contributed by atoms with Gasteiger partial charge in [-0.15, -0.1) is 0 Å². The number of fused-ring (bicyclic) bond motifs is 2. The van der Waals surface area contributed by atoms with Crippen LogP contribution in [-0.2, 0) is 4.79 Å². The lowest BCUT2D eigenvalue weighted by atomic mass is 9.71. The first kappa shape index (κ1) is 8.74. The van der Waals surface area contributed by atoms with Crippen molar-refractivity contribution in [2.24, 2.45) is 17.3 Å². The molecule has 0 radical (unpaired) electrons. The summed E-state index contributed by atoms with van der Waals surface area (Å²) in [5.74, 6) is 1.24. The normalized spacial score (nSPS) is 41.5. The second-order valence-corrected chi connectivity index (χ2v) is 4.48. The third kappa shape index (κ3) is 1.10. The van der Waals surface area contributed by atoms with Gasteiger partial charge in [0.05, 0.1) is 0 Å². The van der Waals surface area contributed by atoms with Crippen LogP contribution in [0.15, 0.2) is 24.3 Å². The van der Waals surface area contributed by atoms with E-state index < -0.39 is 0 Å². The van der Waals surface area contributed by atoms with Crippen LogP contribution in [0.5, 0.6) is 0 Å². The van der Waals surface area contributed by atoms with Crippen LogP contribution in [0.3, 0.4) is 0 Å². The second kappa shape index (κ2) is 2.83. The van der Waals surface area contributed by atoms with Gasteiger partial charge in [0.15, 0.2) is 0 Å². The quantitative estimate of drug-likeness (QED) is 0.477. The lowest BCUT2D eigenvalue weighted by Gasteiger charge is -2.33. The number of allylic oxidation sites excluding steroid dienone is 3. The van der Waals surface area contributed by atoms with E-state index in [4.69, 9.17) is 0 Å². The zero-order valence-electron chi connectivity index (χ0n) is 8.12. The summed E-state index contributed by atoms with van der Waals surface area (Å²) in [6, 6.07) is 0. The lowest BCUT2D eigenvalue weighted by molar-refractivity contribution is -0.108. The molecule has 0 spiro atoms. The Morgan fingerprint density at radius 1 is 1.69 bits per heavy atom. The Bertz CT molecular complexity index is 277. The van der Waals surface area contributed by atoms with E-state index in [0.717, 1.165) is 12.7 Å². The highest BCUT2D eigenvalue weighted by Gasteiger charge is 2.47. The van der Waals surface area contributed by atoms with E-state index >= 15 is 0 Å². The topological polar surface area (TPSA) is 17.1 Å². The average Bonchev–Trinajstić information content (AvgIpc) is 2.68. The summed E-state index contributed by atoms with van der Waals surface area (Å²) < 4.78 is 0. The predicted octanol–water partition coefficient (Wildman–Crippen LogP) is 2.73. The molecule has 2 aliphatic rings. The third-order valence-corrected chi connectivity index (χ3v) is 3.86. The van der Waals surface area contributed by atoms with E-state index in [-0.39, 0.29) is 5.41 Å². The van der Waals surface area contributed by atoms with Gasteiger partial charge >= 0.3 is 0 Å². The van der Waals surface area contributed by atoms with E-state index in [1.165, 1.54) is 12.0 Å². The molecule has 13 heavy (non-hydrogen) atoms. The molecule has 0 heterocycles. The molecule has 2 bridgehead atoms. The summed E-state index contributed by atoms with van der Waals surface area (Å²) >= 11 is 0. The van der Waals surface area contributed by atoms with Crippen LogP contribution in [0.4, 0.5) is 0 Å². The van der Waals surface area contributed by atoms with Crippen LogP contribution in [0, 0.1) is 17.3 Å². The minimum Gasteiger partial charge on any atom is -0.303 e. The monoisotopic (exact) mass is 176 g/mol. The first-order valence-corrected chi connectivity index (χ1v) is 4.99. The Morgan fingerprint density at radius 2 is 2.46 bits per heavy atom. The Kier molecular flexibility index (Phi) is 1.90. The van der Waals surface area contributed by atoms with Gasteiger partial charge < -0.3 is 4.79 Å². The number of carbonyl (C=O) groups excluding carboxylic acids is 1. The van der Waals surface area contributed by atoms with Gasteiger partial charge in [0.1, 0.15) is 6.29 Å². The standard InChI is InChI=1S/C12H16O/c1-9-10-4-5-11(8-10)12(9,2)6-3-7-13/h4-5,7,10-11H,1,3,6,8H2,2H3/t10-,11+,12+/m1/s1. The van der Waals surface area contributed by atoms with E-state index in [2.05, 4.69) is 25.7 Å². The molecule has 0 amide bonds. The Labute approximate surface area is 79.5 Å². The first-order valence-electron chi connectivity index (χ1n) is 4.99. The molecule has 1 nitrogen and oxygen atoms in total. The van der Waals surface area contributed by atoms with Gasteiger partial charge in [0.2, 0.25) is 0 Å². The maximum atomic E-state index is 10.4. The summed E-state index contributed by atoms with van der Waals surface area (Å²) in [4.78, 5) is 10.4. The Hall–Kier alpha value is -0.850. The Morgan fingerprint density at radius 3 is 3.00 bits per heavy atom. The maximum absolute atomic E-state index is 10.4. The molecule has 0 saturated heterocycles. The van der Waals surface area contributed by atoms with Gasteiger partial charge in [0.25, 0.3) is 0 Å². The summed E-state index contributed by atoms with van der Waals surface area (Å²) in [5.41, 5.74) is 1.56. The highest BCUT2D eigenvalue weighted by Crippen LogP contribution is 2.56. The van der Waals surface area contributed by atoms with Crippen molar-refractivity contribution in [3.05, 3.63) is 24.3 Å². The van der Waals surface area contributed by atoms with Crippen LogP contribution < -0.4 is 0 Å². The predicted molar refractivity (Wildman–Crippen MR) is 53.3 cm³/mol. The minimum atomic E-state index is 0.209. The number of hydrogen-bond donors (Lipinski definition) is 0. The first-order chi connectivity index (χ1) is 6.18. The van der Waals surface area contributed by atoms with Crippen LogP contribution >= 0.6 is 0 Å². The van der Waals surface area contributed by atoms with Gasteiger partial charge in [-0.05, 0) is 30.1 Å². The molecule has 3 atom stereocenters. The number of carbonyl (C=O) groups is 1. The van der Waals surface area contributed by atoms with Crippen molar-refractivity contribution >= 4 is 6.29 Å². The van der Waals surface area contributed by atoms with Gasteiger partial charge in [-0.2, -0.15) is 0 Å². The minimum absolute atomic E-state index is 0.209. The van der Waals surface area contributed by atoms with Gasteiger partial charge in [-0.3, -0.25) is 0 Å². The van der Waals surface area contributed by atoms with Gasteiger partial charge in [-0.25, -0.2) is 0 Å². The van der Waals surface area contributed by atoms with Crippen LogP contribution in [0.1, 0.15) is 26.2 Å². The van der Waals surface area contributed by atoms with E-state index in [1.54, 1.807) is 0 Å². The zero-order valence-corrected chi connectivity index (χ0v) is 8.12. The summed E-state index contributed by atoms with van der Waals surface area (Å²) in [7, 11) is 0. The lowest BCUT2D eigenvalue weighted by Crippen LogP contribution is -2.23. The molecular formula is C12H16O. The van der Waals surface area contributed by atoms with Gasteiger partial charge in [0, 0.05) is 6.42 Å². The van der Waals surface area contributed by atoms with Crippen molar-refractivity contribution in [1.29, 1.82) is 0 Å². The number of hydrogen-bond acceptors (Lipinski definition) is 1. The molecule has 1 fully saturated rings. The van der Waals surface area contributed by atoms with Crippen molar-refractivity contribution in [2.45, 2.75) is 26.2 Å². The summed E-state index contributed by atoms with van der Waals surface area (Å²) in [6.07, 6.45) is 8.48. The molecule has 2 aliphatic carbocycles. The molecular weight excluding hydrogens is 160 g/mol. The fraction of sp³-hybridized carbons (Fsp3) is 0.583. The van der Waals surface area contributed by atoms with Crippen molar-refractivity contribution in [1.82, 2.24) is 0 Å². The molecule has 0 aliphatic heterocycles. The third-order valence-electron chi connectivity index (χ3n) is 3.86. The van der Waals surface area contributed by atoms with Crippen molar-refractivity contribution < 1.29 is 4.79 Å².